The van der Waals surface area contributed by atoms with Crippen LogP contribution in [0, 0.1) is 0 Å². The first-order valence-electron chi connectivity index (χ1n) is 5.38. The van der Waals surface area contributed by atoms with Gasteiger partial charge in [0.05, 0.1) is 6.42 Å². The van der Waals surface area contributed by atoms with E-state index in [1.165, 1.54) is 6.08 Å². The van der Waals surface area contributed by atoms with Crippen molar-refractivity contribution in [1.82, 2.24) is 10.2 Å². The van der Waals surface area contributed by atoms with Crippen LogP contribution in [0.1, 0.15) is 13.3 Å². The van der Waals surface area contributed by atoms with Crippen molar-refractivity contribution in [2.24, 2.45) is 0 Å². The highest BCUT2D eigenvalue weighted by Crippen LogP contribution is 2.22. The molecule has 1 aliphatic rings. The van der Waals surface area contributed by atoms with Gasteiger partial charge in [-0.2, -0.15) is 13.2 Å². The molecule has 92 valence electrons. The van der Waals surface area contributed by atoms with E-state index in [9.17, 15) is 13.2 Å². The van der Waals surface area contributed by atoms with Crippen LogP contribution < -0.4 is 5.32 Å². The molecule has 0 bridgehead atoms. The molecule has 16 heavy (non-hydrogen) atoms. The van der Waals surface area contributed by atoms with Crippen molar-refractivity contribution >= 4 is 0 Å². The zero-order valence-electron chi connectivity index (χ0n) is 9.35. The first kappa shape index (κ1) is 13.1. The van der Waals surface area contributed by atoms with E-state index in [4.69, 9.17) is 0 Å². The van der Waals surface area contributed by atoms with E-state index in [1.54, 1.807) is 12.2 Å². The number of rotatable bonds is 3. The van der Waals surface area contributed by atoms with Gasteiger partial charge in [-0.25, -0.2) is 0 Å². The molecule has 0 aromatic rings. The van der Waals surface area contributed by atoms with Gasteiger partial charge in [0.2, 0.25) is 0 Å². The van der Waals surface area contributed by atoms with Crippen molar-refractivity contribution in [3.63, 3.8) is 0 Å². The number of hydrogen-bond donors (Lipinski definition) is 1. The fourth-order valence-corrected chi connectivity index (χ4v) is 1.62. The number of halogens is 3. The van der Waals surface area contributed by atoms with E-state index in [0.717, 1.165) is 26.2 Å². The van der Waals surface area contributed by atoms with Crippen LogP contribution >= 0.6 is 0 Å². The number of allylic oxidation sites excluding steroid dienone is 3. The normalized spacial score (nSPS) is 19.5. The van der Waals surface area contributed by atoms with Gasteiger partial charge in [-0.15, -0.1) is 0 Å². The Morgan fingerprint density at radius 3 is 2.44 bits per heavy atom. The number of nitrogens with zero attached hydrogens (tertiary/aromatic N) is 1. The van der Waals surface area contributed by atoms with Crippen LogP contribution in [-0.2, 0) is 0 Å². The van der Waals surface area contributed by atoms with Crippen LogP contribution in [0.5, 0.6) is 0 Å². The third-order valence-corrected chi connectivity index (χ3v) is 2.36. The summed E-state index contributed by atoms with van der Waals surface area (Å²) in [5.74, 6) is 0. The van der Waals surface area contributed by atoms with Gasteiger partial charge in [0.15, 0.2) is 0 Å². The lowest BCUT2D eigenvalue weighted by molar-refractivity contribution is -0.125. The molecular weight excluding hydrogens is 217 g/mol. The van der Waals surface area contributed by atoms with Gasteiger partial charge in [-0.05, 0) is 13.0 Å². The van der Waals surface area contributed by atoms with Crippen molar-refractivity contribution in [2.75, 3.05) is 26.2 Å². The van der Waals surface area contributed by atoms with Crippen molar-refractivity contribution in [3.05, 3.63) is 23.9 Å². The summed E-state index contributed by atoms with van der Waals surface area (Å²) in [5, 5.41) is 3.17. The van der Waals surface area contributed by atoms with Gasteiger partial charge in [-0.3, -0.25) is 0 Å². The van der Waals surface area contributed by atoms with E-state index in [2.05, 4.69) is 5.32 Å². The van der Waals surface area contributed by atoms with Gasteiger partial charge < -0.3 is 10.2 Å². The number of alkyl halides is 3. The minimum absolute atomic E-state index is 0.668. The molecule has 1 N–H and O–H groups in total. The Morgan fingerprint density at radius 1 is 1.31 bits per heavy atom. The Hall–Kier alpha value is -0.970. The van der Waals surface area contributed by atoms with Crippen molar-refractivity contribution in [2.45, 2.75) is 19.5 Å². The standard InChI is InChI=1S/C11H17F3N2/c1-2-3-10(4-5-11(12,13)14)16-8-6-15-7-9-16/h2-4,15H,5-9H2,1H3/b3-2-,10-4+. The predicted molar refractivity (Wildman–Crippen MR) is 58.0 cm³/mol. The molecule has 1 saturated heterocycles. The van der Waals surface area contributed by atoms with Gasteiger partial charge in [0, 0.05) is 31.9 Å². The maximum atomic E-state index is 12.1. The zero-order valence-corrected chi connectivity index (χ0v) is 9.35. The Bertz CT molecular complexity index is 263. The molecule has 0 spiro atoms. The summed E-state index contributed by atoms with van der Waals surface area (Å²) in [5.41, 5.74) is 0.668. The molecule has 1 heterocycles. The Labute approximate surface area is 93.8 Å². The maximum Gasteiger partial charge on any atom is 0.392 e. The number of hydrogen-bond acceptors (Lipinski definition) is 2. The smallest absolute Gasteiger partial charge is 0.369 e. The molecule has 1 aliphatic heterocycles. The summed E-state index contributed by atoms with van der Waals surface area (Å²) in [6.45, 7) is 4.97. The van der Waals surface area contributed by atoms with Crippen LogP contribution in [-0.4, -0.2) is 37.3 Å². The second-order valence-corrected chi connectivity index (χ2v) is 3.69. The molecule has 0 amide bonds. The highest BCUT2D eigenvalue weighted by atomic mass is 19.4. The zero-order chi connectivity index (χ0) is 12.0. The molecule has 0 atom stereocenters. The average Bonchev–Trinajstić information content (AvgIpc) is 2.24. The maximum absolute atomic E-state index is 12.1. The van der Waals surface area contributed by atoms with Crippen molar-refractivity contribution < 1.29 is 13.2 Å². The van der Waals surface area contributed by atoms with E-state index < -0.39 is 12.6 Å². The molecule has 0 saturated carbocycles. The summed E-state index contributed by atoms with van der Waals surface area (Å²) in [6.07, 6.45) is -0.232. The fraction of sp³-hybridized carbons (Fsp3) is 0.636. The Balaban J connectivity index is 2.65. The van der Waals surface area contributed by atoms with Crippen LogP contribution in [0.4, 0.5) is 13.2 Å². The molecule has 2 nitrogen and oxygen atoms in total. The largest absolute Gasteiger partial charge is 0.392 e. The van der Waals surface area contributed by atoms with Gasteiger partial charge >= 0.3 is 6.18 Å². The lowest BCUT2D eigenvalue weighted by Crippen LogP contribution is -2.42. The summed E-state index contributed by atoms with van der Waals surface area (Å²) in [6, 6.07) is 0. The molecule has 0 aromatic heterocycles. The van der Waals surface area contributed by atoms with Crippen LogP contribution in [0.15, 0.2) is 23.9 Å². The fourth-order valence-electron chi connectivity index (χ4n) is 1.62. The first-order chi connectivity index (χ1) is 7.53. The summed E-state index contributed by atoms with van der Waals surface area (Å²) < 4.78 is 36.4. The lowest BCUT2D eigenvalue weighted by Gasteiger charge is -2.30. The highest BCUT2D eigenvalue weighted by Gasteiger charge is 2.25. The average molecular weight is 234 g/mol. The highest BCUT2D eigenvalue weighted by molar-refractivity contribution is 5.18. The third kappa shape index (κ3) is 4.70. The summed E-state index contributed by atoms with van der Waals surface area (Å²) in [4.78, 5) is 1.97. The molecule has 5 heteroatoms. The molecule has 0 aromatic carbocycles. The minimum atomic E-state index is -4.12. The van der Waals surface area contributed by atoms with Crippen LogP contribution in [0.2, 0.25) is 0 Å². The van der Waals surface area contributed by atoms with E-state index >= 15 is 0 Å². The van der Waals surface area contributed by atoms with Gasteiger partial charge in [0.1, 0.15) is 0 Å². The van der Waals surface area contributed by atoms with Crippen LogP contribution in [0.25, 0.3) is 0 Å². The van der Waals surface area contributed by atoms with Crippen LogP contribution in [0.3, 0.4) is 0 Å². The quantitative estimate of drug-likeness (QED) is 0.754. The third-order valence-electron chi connectivity index (χ3n) is 2.36. The van der Waals surface area contributed by atoms with Gasteiger partial charge in [-0.1, -0.05) is 12.2 Å². The second-order valence-electron chi connectivity index (χ2n) is 3.69. The Morgan fingerprint density at radius 2 is 1.94 bits per heavy atom. The Kier molecular flexibility index (Phi) is 4.86. The van der Waals surface area contributed by atoms with E-state index in [1.807, 2.05) is 11.8 Å². The summed E-state index contributed by atoms with van der Waals surface area (Å²) >= 11 is 0. The molecule has 0 unspecified atom stereocenters. The predicted octanol–water partition coefficient (Wildman–Crippen LogP) is 2.30. The summed E-state index contributed by atoms with van der Waals surface area (Å²) in [7, 11) is 0. The molecule has 0 aliphatic carbocycles. The topological polar surface area (TPSA) is 15.3 Å². The first-order valence-corrected chi connectivity index (χ1v) is 5.38. The van der Waals surface area contributed by atoms with E-state index in [0.29, 0.717) is 5.70 Å². The molecule has 1 rings (SSSR count). The number of piperazine rings is 1. The lowest BCUT2D eigenvalue weighted by atomic mass is 10.2. The van der Waals surface area contributed by atoms with Crippen molar-refractivity contribution in [1.29, 1.82) is 0 Å². The van der Waals surface area contributed by atoms with Gasteiger partial charge in [0.25, 0.3) is 0 Å². The molecule has 1 fully saturated rings. The SMILES string of the molecule is C/C=C\C(=C/CC(F)(F)F)N1CCNCC1. The molecular formula is C11H17F3N2. The monoisotopic (exact) mass is 234 g/mol. The number of nitrogens with one attached hydrogen (secondary N) is 1. The minimum Gasteiger partial charge on any atom is -0.369 e. The second kappa shape index (κ2) is 5.94. The van der Waals surface area contributed by atoms with Crippen molar-refractivity contribution in [3.8, 4) is 0 Å². The molecule has 0 radical (unpaired) electrons. The van der Waals surface area contributed by atoms with E-state index in [-0.39, 0.29) is 0 Å².